The van der Waals surface area contributed by atoms with Crippen molar-refractivity contribution in [2.75, 3.05) is 6.61 Å². The molecule has 1 aliphatic heterocycles. The van der Waals surface area contributed by atoms with Crippen LogP contribution in [0.4, 0.5) is 0 Å². The molecule has 4 nitrogen and oxygen atoms in total. The first-order chi connectivity index (χ1) is 10.4. The molecule has 1 aromatic rings. The van der Waals surface area contributed by atoms with Crippen LogP contribution >= 0.6 is 0 Å². The number of carbonyl (C=O) groups is 1. The highest BCUT2D eigenvalue weighted by molar-refractivity contribution is 5.73. The first-order valence-electron chi connectivity index (χ1n) is 8.00. The summed E-state index contributed by atoms with van der Waals surface area (Å²) in [6.45, 7) is 8.39. The molecule has 0 unspecified atom stereocenters. The van der Waals surface area contributed by atoms with E-state index in [1.807, 2.05) is 6.07 Å². The standard InChI is InChI=1S/C18H27NO3/c1-18(2,3)9-7-16(17(20)21)19-11-14-6-4-5-13-8-10-22-12-15(13)14/h4-6,16,19H,7-12H2,1-3H3,(H,20,21)/t16-/m0/s1. The molecular formula is C18H27NO3. The fraction of sp³-hybridized carbons (Fsp3) is 0.611. The molecule has 1 aliphatic rings. The number of hydrogen-bond acceptors (Lipinski definition) is 3. The van der Waals surface area contributed by atoms with Gasteiger partial charge in [0.05, 0.1) is 13.2 Å². The number of carboxylic acids is 1. The second-order valence-electron chi connectivity index (χ2n) is 7.23. The van der Waals surface area contributed by atoms with Crippen LogP contribution in [-0.4, -0.2) is 23.7 Å². The summed E-state index contributed by atoms with van der Waals surface area (Å²) >= 11 is 0. The Hall–Kier alpha value is -1.39. The lowest BCUT2D eigenvalue weighted by atomic mass is 9.88. The van der Waals surface area contributed by atoms with Gasteiger partial charge in [-0.3, -0.25) is 4.79 Å². The van der Waals surface area contributed by atoms with E-state index in [1.54, 1.807) is 0 Å². The van der Waals surface area contributed by atoms with Gasteiger partial charge in [0.2, 0.25) is 0 Å². The van der Waals surface area contributed by atoms with E-state index in [4.69, 9.17) is 4.74 Å². The van der Waals surface area contributed by atoms with Crippen LogP contribution in [0.2, 0.25) is 0 Å². The number of ether oxygens (including phenoxy) is 1. The molecule has 0 fully saturated rings. The van der Waals surface area contributed by atoms with Crippen molar-refractivity contribution in [1.82, 2.24) is 5.32 Å². The van der Waals surface area contributed by atoms with Gasteiger partial charge >= 0.3 is 5.97 Å². The minimum absolute atomic E-state index is 0.148. The zero-order valence-corrected chi connectivity index (χ0v) is 13.8. The van der Waals surface area contributed by atoms with Gasteiger partial charge in [0.1, 0.15) is 6.04 Å². The molecule has 2 N–H and O–H groups in total. The average molecular weight is 305 g/mol. The number of nitrogens with one attached hydrogen (secondary N) is 1. The maximum absolute atomic E-state index is 11.4. The minimum atomic E-state index is -0.773. The first kappa shape index (κ1) is 17.0. The van der Waals surface area contributed by atoms with E-state index in [0.717, 1.165) is 25.0 Å². The fourth-order valence-electron chi connectivity index (χ4n) is 2.75. The number of carboxylic acid groups (broad SMARTS) is 1. The largest absolute Gasteiger partial charge is 0.480 e. The minimum Gasteiger partial charge on any atom is -0.480 e. The van der Waals surface area contributed by atoms with Gasteiger partial charge in [-0.05, 0) is 41.4 Å². The van der Waals surface area contributed by atoms with Gasteiger partial charge in [-0.1, -0.05) is 39.0 Å². The molecule has 0 amide bonds. The lowest BCUT2D eigenvalue weighted by Gasteiger charge is -2.23. The van der Waals surface area contributed by atoms with Crippen LogP contribution in [0.5, 0.6) is 0 Å². The van der Waals surface area contributed by atoms with Gasteiger partial charge in [0, 0.05) is 6.54 Å². The average Bonchev–Trinajstić information content (AvgIpc) is 2.45. The lowest BCUT2D eigenvalue weighted by Crippen LogP contribution is -2.37. The molecule has 22 heavy (non-hydrogen) atoms. The zero-order chi connectivity index (χ0) is 16.2. The first-order valence-corrected chi connectivity index (χ1v) is 8.00. The van der Waals surface area contributed by atoms with E-state index >= 15 is 0 Å². The predicted octanol–water partition coefficient (Wildman–Crippen LogP) is 3.13. The molecule has 1 aromatic carbocycles. The summed E-state index contributed by atoms with van der Waals surface area (Å²) in [7, 11) is 0. The summed E-state index contributed by atoms with van der Waals surface area (Å²) < 4.78 is 5.54. The third-order valence-corrected chi connectivity index (χ3v) is 4.15. The maximum Gasteiger partial charge on any atom is 0.320 e. The molecule has 0 radical (unpaired) electrons. The van der Waals surface area contributed by atoms with Crippen molar-refractivity contribution >= 4 is 5.97 Å². The van der Waals surface area contributed by atoms with Crippen LogP contribution in [0.25, 0.3) is 0 Å². The molecular weight excluding hydrogens is 278 g/mol. The van der Waals surface area contributed by atoms with E-state index in [2.05, 4.69) is 38.2 Å². The number of fused-ring (bicyclic) bond motifs is 1. The monoisotopic (exact) mass is 305 g/mol. The van der Waals surface area contributed by atoms with Gasteiger partial charge in [0.25, 0.3) is 0 Å². The molecule has 2 rings (SSSR count). The van der Waals surface area contributed by atoms with E-state index in [1.165, 1.54) is 11.1 Å². The molecule has 0 aromatic heterocycles. The Morgan fingerprint density at radius 3 is 2.86 bits per heavy atom. The highest BCUT2D eigenvalue weighted by Gasteiger charge is 2.21. The van der Waals surface area contributed by atoms with Gasteiger partial charge in [-0.2, -0.15) is 0 Å². The summed E-state index contributed by atoms with van der Waals surface area (Å²) in [6, 6.07) is 5.74. The van der Waals surface area contributed by atoms with Crippen molar-refractivity contribution < 1.29 is 14.6 Å². The second-order valence-corrected chi connectivity index (χ2v) is 7.23. The Kier molecular flexibility index (Phi) is 5.59. The SMILES string of the molecule is CC(C)(C)CC[C@H](NCc1cccc2c1COCC2)C(=O)O. The van der Waals surface area contributed by atoms with Crippen molar-refractivity contribution in [2.45, 2.75) is 59.2 Å². The molecule has 0 spiro atoms. The molecule has 0 saturated carbocycles. The molecule has 0 saturated heterocycles. The third-order valence-electron chi connectivity index (χ3n) is 4.15. The summed E-state index contributed by atoms with van der Waals surface area (Å²) in [5, 5.41) is 12.6. The molecule has 1 atom stereocenters. The highest BCUT2D eigenvalue weighted by Crippen LogP contribution is 2.23. The number of rotatable bonds is 6. The smallest absolute Gasteiger partial charge is 0.320 e. The topological polar surface area (TPSA) is 58.6 Å². The zero-order valence-electron chi connectivity index (χ0n) is 13.8. The van der Waals surface area contributed by atoms with Crippen LogP contribution in [-0.2, 0) is 29.1 Å². The lowest BCUT2D eigenvalue weighted by molar-refractivity contribution is -0.139. The van der Waals surface area contributed by atoms with Crippen molar-refractivity contribution in [2.24, 2.45) is 5.41 Å². The Balaban J connectivity index is 1.99. The highest BCUT2D eigenvalue weighted by atomic mass is 16.5. The van der Waals surface area contributed by atoms with Gasteiger partial charge in [-0.25, -0.2) is 0 Å². The number of benzene rings is 1. The van der Waals surface area contributed by atoms with Crippen molar-refractivity contribution in [3.63, 3.8) is 0 Å². The Labute approximate surface area is 132 Å². The Morgan fingerprint density at radius 2 is 2.18 bits per heavy atom. The van der Waals surface area contributed by atoms with Gasteiger partial charge in [-0.15, -0.1) is 0 Å². The predicted molar refractivity (Wildman–Crippen MR) is 86.8 cm³/mol. The fourth-order valence-corrected chi connectivity index (χ4v) is 2.75. The summed E-state index contributed by atoms with van der Waals surface area (Å²) in [5.41, 5.74) is 3.85. The van der Waals surface area contributed by atoms with Crippen molar-refractivity contribution in [1.29, 1.82) is 0 Å². The molecule has 0 bridgehead atoms. The number of hydrogen-bond donors (Lipinski definition) is 2. The van der Waals surface area contributed by atoms with E-state index in [-0.39, 0.29) is 5.41 Å². The quantitative estimate of drug-likeness (QED) is 0.848. The van der Waals surface area contributed by atoms with Crippen molar-refractivity contribution in [3.05, 3.63) is 34.9 Å². The van der Waals surface area contributed by atoms with Gasteiger partial charge < -0.3 is 15.2 Å². The Morgan fingerprint density at radius 1 is 1.41 bits per heavy atom. The summed E-state index contributed by atoms with van der Waals surface area (Å²) in [4.78, 5) is 11.4. The van der Waals surface area contributed by atoms with Crippen LogP contribution in [0.3, 0.4) is 0 Å². The molecule has 1 heterocycles. The van der Waals surface area contributed by atoms with Crippen LogP contribution < -0.4 is 5.32 Å². The van der Waals surface area contributed by atoms with E-state index in [9.17, 15) is 9.90 Å². The van der Waals surface area contributed by atoms with Crippen LogP contribution in [0, 0.1) is 5.41 Å². The summed E-state index contributed by atoms with van der Waals surface area (Å²) in [6.07, 6.45) is 2.47. The third kappa shape index (κ3) is 4.82. The normalized spacial score (nSPS) is 16.1. The van der Waals surface area contributed by atoms with E-state index in [0.29, 0.717) is 19.6 Å². The number of aliphatic carboxylic acids is 1. The second kappa shape index (κ2) is 7.25. The van der Waals surface area contributed by atoms with Crippen LogP contribution in [0.15, 0.2) is 18.2 Å². The van der Waals surface area contributed by atoms with E-state index < -0.39 is 12.0 Å². The Bertz CT molecular complexity index is 520. The molecule has 4 heteroatoms. The molecule has 0 aliphatic carbocycles. The maximum atomic E-state index is 11.4. The van der Waals surface area contributed by atoms with Crippen LogP contribution in [0.1, 0.15) is 50.3 Å². The summed E-state index contributed by atoms with van der Waals surface area (Å²) in [5.74, 6) is -0.773. The van der Waals surface area contributed by atoms with Gasteiger partial charge in [0.15, 0.2) is 0 Å². The molecule has 122 valence electrons. The van der Waals surface area contributed by atoms with Crippen molar-refractivity contribution in [3.8, 4) is 0 Å².